The summed E-state index contributed by atoms with van der Waals surface area (Å²) in [4.78, 5) is 10.7. The summed E-state index contributed by atoms with van der Waals surface area (Å²) in [7, 11) is 0. The molecule has 0 spiro atoms. The van der Waals surface area contributed by atoms with Crippen LogP contribution in [0.4, 0.5) is 0 Å². The molecule has 0 aliphatic carbocycles. The topological polar surface area (TPSA) is 78.3 Å². The number of benzene rings is 1. The van der Waals surface area contributed by atoms with Gasteiger partial charge in [0.05, 0.1) is 18.1 Å². The lowest BCUT2D eigenvalue weighted by molar-refractivity contribution is -0.118. The minimum Gasteiger partial charge on any atom is -0.491 e. The molecule has 0 bridgehead atoms. The van der Waals surface area contributed by atoms with Crippen LogP contribution >= 0.6 is 11.6 Å². The van der Waals surface area contributed by atoms with Crippen molar-refractivity contribution in [3.8, 4) is 5.75 Å². The van der Waals surface area contributed by atoms with Gasteiger partial charge in [-0.15, -0.1) is 0 Å². The van der Waals surface area contributed by atoms with Crippen molar-refractivity contribution < 1.29 is 9.53 Å². The molecule has 0 radical (unpaired) electrons. The summed E-state index contributed by atoms with van der Waals surface area (Å²) in [5, 5.41) is 0.528. The Morgan fingerprint density at radius 2 is 2.22 bits per heavy atom. The van der Waals surface area contributed by atoms with Crippen LogP contribution in [0.1, 0.15) is 25.3 Å². The zero-order chi connectivity index (χ0) is 13.5. The minimum absolute atomic E-state index is 0.0713. The van der Waals surface area contributed by atoms with Crippen molar-refractivity contribution in [1.29, 1.82) is 0 Å². The van der Waals surface area contributed by atoms with Gasteiger partial charge >= 0.3 is 0 Å². The van der Waals surface area contributed by atoms with Crippen molar-refractivity contribution in [2.45, 2.75) is 32.2 Å². The SMILES string of the molecule is CCC(N)Cc1cccc(Cl)c1OCCC(N)=O. The number of rotatable bonds is 7. The van der Waals surface area contributed by atoms with Gasteiger partial charge in [-0.3, -0.25) is 4.79 Å². The van der Waals surface area contributed by atoms with Gasteiger partial charge < -0.3 is 16.2 Å². The van der Waals surface area contributed by atoms with Gasteiger partial charge in [-0.2, -0.15) is 0 Å². The molecule has 1 rings (SSSR count). The van der Waals surface area contributed by atoms with Crippen molar-refractivity contribution in [2.75, 3.05) is 6.61 Å². The van der Waals surface area contributed by atoms with Crippen molar-refractivity contribution in [1.82, 2.24) is 0 Å². The van der Waals surface area contributed by atoms with E-state index in [4.69, 9.17) is 27.8 Å². The maximum Gasteiger partial charge on any atom is 0.220 e. The molecule has 0 saturated carbocycles. The highest BCUT2D eigenvalue weighted by Gasteiger charge is 2.11. The number of para-hydroxylation sites is 1. The largest absolute Gasteiger partial charge is 0.491 e. The fourth-order valence-corrected chi connectivity index (χ4v) is 1.81. The molecule has 4 N–H and O–H groups in total. The Morgan fingerprint density at radius 1 is 1.50 bits per heavy atom. The molecular weight excluding hydrogens is 252 g/mol. The molecule has 1 atom stereocenters. The number of carbonyl (C=O) groups excluding carboxylic acids is 1. The van der Waals surface area contributed by atoms with E-state index in [1.807, 2.05) is 19.1 Å². The Hall–Kier alpha value is -1.26. The monoisotopic (exact) mass is 270 g/mol. The predicted molar refractivity (Wildman–Crippen MR) is 72.7 cm³/mol. The number of hydrogen-bond acceptors (Lipinski definition) is 3. The van der Waals surface area contributed by atoms with E-state index in [1.54, 1.807) is 6.07 Å². The van der Waals surface area contributed by atoms with E-state index >= 15 is 0 Å². The lowest BCUT2D eigenvalue weighted by atomic mass is 10.0. The highest BCUT2D eigenvalue weighted by molar-refractivity contribution is 6.32. The average molecular weight is 271 g/mol. The first-order valence-electron chi connectivity index (χ1n) is 5.98. The Kier molecular flexibility index (Phi) is 5.95. The van der Waals surface area contributed by atoms with Crippen LogP contribution in [0, 0.1) is 0 Å². The number of nitrogens with two attached hydrogens (primary N) is 2. The maximum absolute atomic E-state index is 10.7. The molecule has 0 aliphatic rings. The van der Waals surface area contributed by atoms with Gasteiger partial charge in [0, 0.05) is 6.04 Å². The van der Waals surface area contributed by atoms with Gasteiger partial charge in [-0.25, -0.2) is 0 Å². The van der Waals surface area contributed by atoms with Crippen molar-refractivity contribution in [2.24, 2.45) is 11.5 Å². The highest BCUT2D eigenvalue weighted by Crippen LogP contribution is 2.29. The number of amides is 1. The van der Waals surface area contributed by atoms with Crippen LogP contribution in [0.25, 0.3) is 0 Å². The summed E-state index contributed by atoms with van der Waals surface area (Å²) in [5.74, 6) is 0.207. The zero-order valence-electron chi connectivity index (χ0n) is 10.5. The summed E-state index contributed by atoms with van der Waals surface area (Å²) in [6.45, 7) is 2.26. The first kappa shape index (κ1) is 14.8. The van der Waals surface area contributed by atoms with Gasteiger partial charge in [0.1, 0.15) is 5.75 Å². The molecule has 0 aromatic heterocycles. The molecule has 0 heterocycles. The molecular formula is C13H19ClN2O2. The van der Waals surface area contributed by atoms with E-state index in [1.165, 1.54) is 0 Å². The summed E-state index contributed by atoms with van der Waals surface area (Å²) in [6, 6.07) is 5.62. The molecule has 5 heteroatoms. The van der Waals surface area contributed by atoms with Crippen LogP contribution in [-0.4, -0.2) is 18.6 Å². The summed E-state index contributed by atoms with van der Waals surface area (Å²) < 4.78 is 5.54. The molecule has 18 heavy (non-hydrogen) atoms. The summed E-state index contributed by atoms with van der Waals surface area (Å²) in [6.07, 6.45) is 1.75. The average Bonchev–Trinajstić information content (AvgIpc) is 2.32. The standard InChI is InChI=1S/C13H19ClN2O2/c1-2-10(15)8-9-4-3-5-11(14)13(9)18-7-6-12(16)17/h3-5,10H,2,6-8,15H2,1H3,(H2,16,17). The predicted octanol–water partition coefficient (Wildman–Crippen LogP) is 1.87. The fraction of sp³-hybridized carbons (Fsp3) is 0.462. The first-order valence-corrected chi connectivity index (χ1v) is 6.36. The quantitative estimate of drug-likeness (QED) is 0.794. The Labute approximate surface area is 112 Å². The van der Waals surface area contributed by atoms with Gasteiger partial charge in [0.2, 0.25) is 5.91 Å². The van der Waals surface area contributed by atoms with Gasteiger partial charge in [0.25, 0.3) is 0 Å². The van der Waals surface area contributed by atoms with Crippen LogP contribution in [-0.2, 0) is 11.2 Å². The van der Waals surface area contributed by atoms with E-state index in [0.717, 1.165) is 12.0 Å². The van der Waals surface area contributed by atoms with Crippen LogP contribution < -0.4 is 16.2 Å². The maximum atomic E-state index is 10.7. The summed E-state index contributed by atoms with van der Waals surface area (Å²) >= 11 is 6.09. The molecule has 1 aromatic rings. The second-order valence-corrected chi connectivity index (χ2v) is 4.57. The Morgan fingerprint density at radius 3 is 2.83 bits per heavy atom. The van der Waals surface area contributed by atoms with Crippen molar-refractivity contribution >= 4 is 17.5 Å². The van der Waals surface area contributed by atoms with Crippen molar-refractivity contribution in [3.05, 3.63) is 28.8 Å². The van der Waals surface area contributed by atoms with Crippen molar-refractivity contribution in [3.63, 3.8) is 0 Å². The third-order valence-corrected chi connectivity index (χ3v) is 2.95. The molecule has 1 amide bonds. The number of primary amides is 1. The molecule has 0 fully saturated rings. The number of hydrogen-bond donors (Lipinski definition) is 2. The van der Waals surface area contributed by atoms with E-state index in [2.05, 4.69) is 0 Å². The van der Waals surface area contributed by atoms with Crippen LogP contribution in [0.3, 0.4) is 0 Å². The number of ether oxygens (including phenoxy) is 1. The Bertz CT molecular complexity index is 410. The Balaban J connectivity index is 2.76. The number of halogens is 1. The first-order chi connectivity index (χ1) is 8.54. The van der Waals surface area contributed by atoms with E-state index in [9.17, 15) is 4.79 Å². The summed E-state index contributed by atoms with van der Waals surface area (Å²) in [5.41, 5.74) is 12.0. The number of carbonyl (C=O) groups is 1. The van der Waals surface area contributed by atoms with Gasteiger partial charge in [-0.1, -0.05) is 30.7 Å². The third-order valence-electron chi connectivity index (χ3n) is 2.65. The normalized spacial score (nSPS) is 12.2. The molecule has 100 valence electrons. The van der Waals surface area contributed by atoms with E-state index < -0.39 is 5.91 Å². The minimum atomic E-state index is -0.395. The lowest BCUT2D eigenvalue weighted by Gasteiger charge is -2.15. The molecule has 0 saturated heterocycles. The van der Waals surface area contributed by atoms with Gasteiger partial charge in [0.15, 0.2) is 0 Å². The molecule has 0 aliphatic heterocycles. The van der Waals surface area contributed by atoms with Gasteiger partial charge in [-0.05, 0) is 24.5 Å². The second kappa shape index (κ2) is 7.24. The van der Waals surface area contributed by atoms with Crippen LogP contribution in [0.15, 0.2) is 18.2 Å². The van der Waals surface area contributed by atoms with E-state index in [0.29, 0.717) is 17.2 Å². The lowest BCUT2D eigenvalue weighted by Crippen LogP contribution is -2.22. The fourth-order valence-electron chi connectivity index (χ4n) is 1.56. The third kappa shape index (κ3) is 4.55. The van der Waals surface area contributed by atoms with E-state index in [-0.39, 0.29) is 19.1 Å². The highest BCUT2D eigenvalue weighted by atomic mass is 35.5. The van der Waals surface area contributed by atoms with Crippen LogP contribution in [0.5, 0.6) is 5.75 Å². The molecule has 1 aromatic carbocycles. The second-order valence-electron chi connectivity index (χ2n) is 4.17. The zero-order valence-corrected chi connectivity index (χ0v) is 11.2. The molecule has 4 nitrogen and oxygen atoms in total. The van der Waals surface area contributed by atoms with Crippen LogP contribution in [0.2, 0.25) is 5.02 Å². The smallest absolute Gasteiger partial charge is 0.220 e. The molecule has 1 unspecified atom stereocenters.